The van der Waals surface area contributed by atoms with Crippen LogP contribution in [0.25, 0.3) is 0 Å². The maximum atomic E-state index is 12.6. The first-order valence-corrected chi connectivity index (χ1v) is 7.49. The molecule has 1 amide bonds. The molecule has 1 aromatic rings. The normalized spacial score (nSPS) is 17.5. The summed E-state index contributed by atoms with van der Waals surface area (Å²) in [5.41, 5.74) is 2.55. The molecule has 0 saturated carbocycles. The smallest absolute Gasteiger partial charge is 0.244 e. The Morgan fingerprint density at radius 2 is 2.05 bits per heavy atom. The van der Waals surface area contributed by atoms with Gasteiger partial charge in [-0.2, -0.15) is 0 Å². The van der Waals surface area contributed by atoms with Crippen molar-refractivity contribution in [3.05, 3.63) is 29.8 Å². The van der Waals surface area contributed by atoms with Gasteiger partial charge in [0, 0.05) is 37.3 Å². The van der Waals surface area contributed by atoms with Gasteiger partial charge >= 0.3 is 0 Å². The molecule has 0 aliphatic carbocycles. The van der Waals surface area contributed by atoms with Gasteiger partial charge in [-0.3, -0.25) is 4.79 Å². The molecule has 5 nitrogen and oxygen atoms in total. The van der Waals surface area contributed by atoms with E-state index in [0.717, 1.165) is 24.3 Å². The lowest BCUT2D eigenvalue weighted by Gasteiger charge is -2.37. The average Bonchev–Trinajstić information content (AvgIpc) is 2.54. The quantitative estimate of drug-likeness (QED) is 0.683. The molecule has 0 fully saturated rings. The number of carbonyl (C=O) groups excluding carboxylic acids is 1. The Morgan fingerprint density at radius 1 is 1.38 bits per heavy atom. The molecule has 1 aliphatic heterocycles. The number of likely N-dealkylation sites (N-methyl/N-ethyl adjacent to an activating group) is 1. The van der Waals surface area contributed by atoms with Crippen molar-refractivity contribution < 1.29 is 10.0 Å². The van der Waals surface area contributed by atoms with E-state index in [2.05, 4.69) is 10.1 Å². The number of oxime groups is 1. The zero-order chi connectivity index (χ0) is 15.4. The van der Waals surface area contributed by atoms with Gasteiger partial charge in [-0.05, 0) is 26.8 Å². The molecule has 1 N–H and O–H groups in total. The molecule has 0 radical (unpaired) electrons. The van der Waals surface area contributed by atoms with Gasteiger partial charge in [0.2, 0.25) is 5.91 Å². The van der Waals surface area contributed by atoms with E-state index < -0.39 is 0 Å². The van der Waals surface area contributed by atoms with Crippen LogP contribution >= 0.6 is 0 Å². The molecule has 21 heavy (non-hydrogen) atoms. The molecule has 1 aromatic carbocycles. The SMILES string of the molecule is CCN(CC)C(=O)C(C)N1CCC(=NO)c2ccccc21. The van der Waals surface area contributed by atoms with Gasteiger partial charge in [0.05, 0.1) is 5.71 Å². The number of hydrogen-bond donors (Lipinski definition) is 1. The fourth-order valence-electron chi connectivity index (χ4n) is 2.89. The molecule has 0 aromatic heterocycles. The van der Waals surface area contributed by atoms with Crippen LogP contribution in [-0.2, 0) is 4.79 Å². The van der Waals surface area contributed by atoms with Crippen molar-refractivity contribution in [1.29, 1.82) is 0 Å². The lowest BCUT2D eigenvalue weighted by atomic mass is 9.98. The van der Waals surface area contributed by atoms with E-state index in [1.165, 1.54) is 0 Å². The number of fused-ring (bicyclic) bond motifs is 1. The maximum absolute atomic E-state index is 12.6. The van der Waals surface area contributed by atoms with Crippen LogP contribution in [-0.4, -0.2) is 47.4 Å². The van der Waals surface area contributed by atoms with Crippen LogP contribution in [0.15, 0.2) is 29.4 Å². The average molecular weight is 289 g/mol. The second kappa shape index (κ2) is 6.61. The van der Waals surface area contributed by atoms with E-state index in [9.17, 15) is 4.79 Å². The molecule has 1 atom stereocenters. The minimum absolute atomic E-state index is 0.138. The van der Waals surface area contributed by atoms with Crippen LogP contribution < -0.4 is 4.90 Å². The summed E-state index contributed by atoms with van der Waals surface area (Å²) in [5, 5.41) is 12.5. The van der Waals surface area contributed by atoms with E-state index in [1.54, 1.807) is 0 Å². The van der Waals surface area contributed by atoms with Crippen LogP contribution in [0.5, 0.6) is 0 Å². The van der Waals surface area contributed by atoms with Crippen LogP contribution in [0.2, 0.25) is 0 Å². The first kappa shape index (κ1) is 15.4. The standard InChI is InChI=1S/C16H23N3O2/c1-4-18(5-2)16(20)12(3)19-11-10-14(17-21)13-8-6-7-9-15(13)19/h6-9,12,21H,4-5,10-11H2,1-3H3. The highest BCUT2D eigenvalue weighted by atomic mass is 16.4. The van der Waals surface area contributed by atoms with Crippen molar-refractivity contribution in [3.8, 4) is 0 Å². The number of anilines is 1. The number of para-hydroxylation sites is 1. The molecule has 0 spiro atoms. The van der Waals surface area contributed by atoms with Gasteiger partial charge in [-0.25, -0.2) is 0 Å². The molecule has 0 saturated heterocycles. The maximum Gasteiger partial charge on any atom is 0.244 e. The van der Waals surface area contributed by atoms with Gasteiger partial charge in [0.1, 0.15) is 6.04 Å². The van der Waals surface area contributed by atoms with Gasteiger partial charge in [0.25, 0.3) is 0 Å². The first-order chi connectivity index (χ1) is 10.1. The van der Waals surface area contributed by atoms with Crippen molar-refractivity contribution in [3.63, 3.8) is 0 Å². The number of carbonyl (C=O) groups is 1. The van der Waals surface area contributed by atoms with E-state index in [-0.39, 0.29) is 11.9 Å². The lowest BCUT2D eigenvalue weighted by molar-refractivity contribution is -0.131. The highest BCUT2D eigenvalue weighted by molar-refractivity contribution is 6.07. The third-order valence-corrected chi connectivity index (χ3v) is 4.13. The molecule has 1 heterocycles. The Hall–Kier alpha value is -2.04. The molecule has 5 heteroatoms. The second-order valence-electron chi connectivity index (χ2n) is 5.19. The highest BCUT2D eigenvalue weighted by Crippen LogP contribution is 2.29. The van der Waals surface area contributed by atoms with E-state index in [0.29, 0.717) is 18.7 Å². The highest BCUT2D eigenvalue weighted by Gasteiger charge is 2.30. The second-order valence-corrected chi connectivity index (χ2v) is 5.19. The zero-order valence-corrected chi connectivity index (χ0v) is 12.9. The van der Waals surface area contributed by atoms with Crippen molar-refractivity contribution in [2.75, 3.05) is 24.5 Å². The Kier molecular flexibility index (Phi) is 4.83. The number of benzene rings is 1. The van der Waals surface area contributed by atoms with Gasteiger partial charge in [-0.15, -0.1) is 0 Å². The van der Waals surface area contributed by atoms with Crippen LogP contribution in [0.4, 0.5) is 5.69 Å². The Morgan fingerprint density at radius 3 is 2.67 bits per heavy atom. The number of hydrogen-bond acceptors (Lipinski definition) is 4. The number of amides is 1. The van der Waals surface area contributed by atoms with Crippen LogP contribution in [0.1, 0.15) is 32.8 Å². The zero-order valence-electron chi connectivity index (χ0n) is 12.9. The molecule has 2 rings (SSSR count). The van der Waals surface area contributed by atoms with E-state index >= 15 is 0 Å². The summed E-state index contributed by atoms with van der Waals surface area (Å²) in [7, 11) is 0. The summed E-state index contributed by atoms with van der Waals surface area (Å²) >= 11 is 0. The van der Waals surface area contributed by atoms with Crippen LogP contribution in [0, 0.1) is 0 Å². The van der Waals surface area contributed by atoms with E-state index in [1.807, 2.05) is 49.9 Å². The summed E-state index contributed by atoms with van der Waals surface area (Å²) < 4.78 is 0. The topological polar surface area (TPSA) is 56.1 Å². The summed E-state index contributed by atoms with van der Waals surface area (Å²) in [6, 6.07) is 7.56. The Balaban J connectivity index is 2.31. The summed E-state index contributed by atoms with van der Waals surface area (Å²) in [4.78, 5) is 16.5. The third kappa shape index (κ3) is 2.86. The van der Waals surface area contributed by atoms with Gasteiger partial charge in [-0.1, -0.05) is 23.4 Å². The number of rotatable bonds is 4. The summed E-state index contributed by atoms with van der Waals surface area (Å²) in [6.45, 7) is 8.06. The minimum atomic E-state index is -0.216. The fraction of sp³-hybridized carbons (Fsp3) is 0.500. The predicted octanol–water partition coefficient (Wildman–Crippen LogP) is 2.33. The number of nitrogens with zero attached hydrogens (tertiary/aromatic N) is 3. The molecule has 0 bridgehead atoms. The predicted molar refractivity (Wildman–Crippen MR) is 84.1 cm³/mol. The summed E-state index contributed by atoms with van der Waals surface area (Å²) in [6.07, 6.45) is 0.642. The minimum Gasteiger partial charge on any atom is -0.411 e. The van der Waals surface area contributed by atoms with Gasteiger partial charge < -0.3 is 15.0 Å². The van der Waals surface area contributed by atoms with Gasteiger partial charge in [0.15, 0.2) is 0 Å². The molecule has 1 aliphatic rings. The fourth-order valence-corrected chi connectivity index (χ4v) is 2.89. The lowest BCUT2D eigenvalue weighted by Crippen LogP contribution is -2.49. The largest absolute Gasteiger partial charge is 0.411 e. The molecule has 1 unspecified atom stereocenters. The summed E-state index contributed by atoms with van der Waals surface area (Å²) in [5.74, 6) is 0.138. The van der Waals surface area contributed by atoms with Crippen LogP contribution in [0.3, 0.4) is 0 Å². The Labute approximate surface area is 125 Å². The van der Waals surface area contributed by atoms with Crippen molar-refractivity contribution in [2.45, 2.75) is 33.2 Å². The van der Waals surface area contributed by atoms with E-state index in [4.69, 9.17) is 5.21 Å². The molecular weight excluding hydrogens is 266 g/mol. The third-order valence-electron chi connectivity index (χ3n) is 4.13. The van der Waals surface area contributed by atoms with Crippen molar-refractivity contribution >= 4 is 17.3 Å². The first-order valence-electron chi connectivity index (χ1n) is 7.49. The van der Waals surface area contributed by atoms with Crippen molar-refractivity contribution in [1.82, 2.24) is 4.90 Å². The van der Waals surface area contributed by atoms with Crippen molar-refractivity contribution in [2.24, 2.45) is 5.16 Å². The molecule has 114 valence electrons. The Bertz CT molecular complexity index is 538. The molecular formula is C16H23N3O2. The monoisotopic (exact) mass is 289 g/mol.